The Morgan fingerprint density at radius 3 is 2.79 bits per heavy atom. The van der Waals surface area contributed by atoms with Crippen molar-refractivity contribution in [2.45, 2.75) is 19.0 Å². The summed E-state index contributed by atoms with van der Waals surface area (Å²) in [5.41, 5.74) is 3.67. The van der Waals surface area contributed by atoms with Crippen LogP contribution < -0.4 is 4.90 Å². The smallest absolute Gasteiger partial charge is 0.151 e. The van der Waals surface area contributed by atoms with E-state index in [2.05, 4.69) is 58.1 Å². The van der Waals surface area contributed by atoms with Gasteiger partial charge in [-0.2, -0.15) is 0 Å². The molecule has 140 valence electrons. The van der Waals surface area contributed by atoms with E-state index in [1.54, 1.807) is 0 Å². The molecule has 4 heteroatoms. The van der Waals surface area contributed by atoms with Crippen molar-refractivity contribution in [1.82, 2.24) is 9.88 Å². The molecule has 0 bridgehead atoms. The summed E-state index contributed by atoms with van der Waals surface area (Å²) >= 11 is 0. The first kappa shape index (κ1) is 18.2. The second kappa shape index (κ2) is 7.84. The van der Waals surface area contributed by atoms with Gasteiger partial charge in [0.2, 0.25) is 0 Å². The normalized spacial score (nSPS) is 16.5. The van der Waals surface area contributed by atoms with Crippen molar-refractivity contribution in [3.05, 3.63) is 71.5 Å². The second-order valence-corrected chi connectivity index (χ2v) is 7.35. The number of likely N-dealkylation sites (N-methyl/N-ethyl adjacent to an activating group) is 1. The van der Waals surface area contributed by atoms with E-state index in [1.807, 2.05) is 24.5 Å². The van der Waals surface area contributed by atoms with Gasteiger partial charge in [-0.05, 0) is 60.1 Å². The first-order chi connectivity index (χ1) is 13.7. The van der Waals surface area contributed by atoms with Crippen LogP contribution in [0.2, 0.25) is 0 Å². The van der Waals surface area contributed by atoms with Crippen molar-refractivity contribution < 1.29 is 4.79 Å². The number of hydrogen-bond acceptors (Lipinski definition) is 4. The maximum absolute atomic E-state index is 11.6. The van der Waals surface area contributed by atoms with E-state index in [-0.39, 0.29) is 0 Å². The zero-order valence-electron chi connectivity index (χ0n) is 16.0. The van der Waals surface area contributed by atoms with Crippen LogP contribution in [0.5, 0.6) is 0 Å². The summed E-state index contributed by atoms with van der Waals surface area (Å²) in [5, 5.41) is 1.96. The van der Waals surface area contributed by atoms with Crippen LogP contribution >= 0.6 is 0 Å². The highest BCUT2D eigenvalue weighted by atomic mass is 16.1. The zero-order chi connectivity index (χ0) is 19.5. The predicted molar refractivity (Wildman–Crippen MR) is 114 cm³/mol. The number of pyridine rings is 1. The van der Waals surface area contributed by atoms with Crippen LogP contribution in [0, 0.1) is 12.3 Å². The second-order valence-electron chi connectivity index (χ2n) is 7.35. The fourth-order valence-electron chi connectivity index (χ4n) is 4.02. The molecule has 0 saturated carbocycles. The van der Waals surface area contributed by atoms with Crippen molar-refractivity contribution in [2.75, 3.05) is 25.0 Å². The average Bonchev–Trinajstić information content (AvgIpc) is 3.23. The number of terminal acetylenes is 1. The van der Waals surface area contributed by atoms with E-state index in [1.165, 1.54) is 5.56 Å². The van der Waals surface area contributed by atoms with E-state index in [9.17, 15) is 4.79 Å². The summed E-state index contributed by atoms with van der Waals surface area (Å²) in [6.07, 6.45) is 11.2. The van der Waals surface area contributed by atoms with Gasteiger partial charge in [0.15, 0.2) is 6.29 Å². The summed E-state index contributed by atoms with van der Waals surface area (Å²) < 4.78 is 0. The SMILES string of the molecule is C#Cc1ccc2ccc(N3CCC(N(C)Cc4ccncc4)C3)cc2c1C=O. The molecule has 1 saturated heterocycles. The minimum absolute atomic E-state index is 0.492. The van der Waals surface area contributed by atoms with Crippen LogP contribution in [-0.2, 0) is 6.54 Å². The fraction of sp³-hybridized carbons (Fsp3) is 0.250. The Kier molecular flexibility index (Phi) is 5.10. The molecule has 1 atom stereocenters. The maximum Gasteiger partial charge on any atom is 0.151 e. The van der Waals surface area contributed by atoms with Gasteiger partial charge in [-0.1, -0.05) is 18.1 Å². The third-order valence-electron chi connectivity index (χ3n) is 5.65. The lowest BCUT2D eigenvalue weighted by Crippen LogP contribution is -2.34. The first-order valence-corrected chi connectivity index (χ1v) is 9.52. The van der Waals surface area contributed by atoms with Crippen LogP contribution in [0.15, 0.2) is 54.9 Å². The van der Waals surface area contributed by atoms with Crippen molar-refractivity contribution >= 4 is 22.7 Å². The Balaban J connectivity index is 1.54. The monoisotopic (exact) mass is 369 g/mol. The Labute approximate surface area is 165 Å². The highest BCUT2D eigenvalue weighted by molar-refractivity contribution is 6.01. The minimum Gasteiger partial charge on any atom is -0.370 e. The minimum atomic E-state index is 0.492. The first-order valence-electron chi connectivity index (χ1n) is 9.52. The van der Waals surface area contributed by atoms with Crippen LogP contribution in [0.25, 0.3) is 10.8 Å². The molecule has 0 amide bonds. The maximum atomic E-state index is 11.6. The van der Waals surface area contributed by atoms with Gasteiger partial charge in [0, 0.05) is 54.9 Å². The van der Waals surface area contributed by atoms with Gasteiger partial charge >= 0.3 is 0 Å². The number of carbonyl (C=O) groups excluding carboxylic acids is 1. The molecule has 0 spiro atoms. The lowest BCUT2D eigenvalue weighted by molar-refractivity contribution is 0.112. The van der Waals surface area contributed by atoms with Crippen molar-refractivity contribution in [3.8, 4) is 12.3 Å². The molecule has 1 unspecified atom stereocenters. The third kappa shape index (κ3) is 3.49. The molecule has 1 aromatic heterocycles. The molecule has 4 nitrogen and oxygen atoms in total. The molecule has 1 aliphatic heterocycles. The van der Waals surface area contributed by atoms with Gasteiger partial charge < -0.3 is 4.90 Å². The summed E-state index contributed by atoms with van der Waals surface area (Å²) in [6.45, 7) is 2.89. The van der Waals surface area contributed by atoms with E-state index in [0.29, 0.717) is 17.2 Å². The summed E-state index contributed by atoms with van der Waals surface area (Å²) in [5.74, 6) is 2.62. The molecule has 0 N–H and O–H groups in total. The van der Waals surface area contributed by atoms with Crippen molar-refractivity contribution in [1.29, 1.82) is 0 Å². The largest absolute Gasteiger partial charge is 0.370 e. The fourth-order valence-corrected chi connectivity index (χ4v) is 4.02. The quantitative estimate of drug-likeness (QED) is 0.507. The molecule has 1 aliphatic rings. The average molecular weight is 369 g/mol. The molecule has 3 aromatic rings. The van der Waals surface area contributed by atoms with Gasteiger partial charge in [0.1, 0.15) is 0 Å². The lowest BCUT2D eigenvalue weighted by Gasteiger charge is -2.25. The topological polar surface area (TPSA) is 36.4 Å². The number of hydrogen-bond donors (Lipinski definition) is 0. The Morgan fingerprint density at radius 2 is 2.04 bits per heavy atom. The molecule has 0 aliphatic carbocycles. The molecular formula is C24H23N3O. The van der Waals surface area contributed by atoms with Gasteiger partial charge in [0.25, 0.3) is 0 Å². The summed E-state index contributed by atoms with van der Waals surface area (Å²) in [7, 11) is 2.18. The Hall–Kier alpha value is -3.16. The predicted octanol–water partition coefficient (Wildman–Crippen LogP) is 3.74. The number of carbonyl (C=O) groups is 1. The lowest BCUT2D eigenvalue weighted by atomic mass is 9.99. The highest BCUT2D eigenvalue weighted by Crippen LogP contribution is 2.29. The van der Waals surface area contributed by atoms with E-state index < -0.39 is 0 Å². The van der Waals surface area contributed by atoms with Crippen LogP contribution in [0.4, 0.5) is 5.69 Å². The third-order valence-corrected chi connectivity index (χ3v) is 5.65. The van der Waals surface area contributed by atoms with Crippen molar-refractivity contribution in [3.63, 3.8) is 0 Å². The van der Waals surface area contributed by atoms with E-state index in [0.717, 1.165) is 48.8 Å². The highest BCUT2D eigenvalue weighted by Gasteiger charge is 2.26. The van der Waals surface area contributed by atoms with Crippen LogP contribution in [-0.4, -0.2) is 42.3 Å². The number of anilines is 1. The molecule has 2 aromatic carbocycles. The number of benzene rings is 2. The molecule has 1 fully saturated rings. The molecule has 28 heavy (non-hydrogen) atoms. The van der Waals surface area contributed by atoms with Gasteiger partial charge in [-0.15, -0.1) is 6.42 Å². The van der Waals surface area contributed by atoms with Gasteiger partial charge in [-0.25, -0.2) is 0 Å². The molecule has 2 heterocycles. The number of nitrogens with zero attached hydrogens (tertiary/aromatic N) is 3. The molecular weight excluding hydrogens is 346 g/mol. The molecule has 4 rings (SSSR count). The number of aromatic nitrogens is 1. The van der Waals surface area contributed by atoms with Gasteiger partial charge in [0.05, 0.1) is 0 Å². The standard InChI is InChI=1S/C24H23N3O/c1-3-19-4-5-20-6-7-21(14-23(20)24(19)17-28)27-13-10-22(16-27)26(2)15-18-8-11-25-12-9-18/h1,4-9,11-12,14,17,22H,10,13,15-16H2,2H3. The molecule has 0 radical (unpaired) electrons. The number of aldehydes is 1. The van der Waals surface area contributed by atoms with E-state index >= 15 is 0 Å². The van der Waals surface area contributed by atoms with Gasteiger partial charge in [-0.3, -0.25) is 14.7 Å². The van der Waals surface area contributed by atoms with Crippen LogP contribution in [0.1, 0.15) is 27.9 Å². The zero-order valence-corrected chi connectivity index (χ0v) is 16.0. The number of fused-ring (bicyclic) bond motifs is 1. The Bertz CT molecular complexity index is 1040. The number of rotatable bonds is 5. The summed E-state index contributed by atoms with van der Waals surface area (Å²) in [4.78, 5) is 20.5. The van der Waals surface area contributed by atoms with Crippen molar-refractivity contribution in [2.24, 2.45) is 0 Å². The van der Waals surface area contributed by atoms with Crippen LogP contribution in [0.3, 0.4) is 0 Å². The summed E-state index contributed by atoms with van der Waals surface area (Å²) in [6, 6.07) is 14.8. The van der Waals surface area contributed by atoms with E-state index in [4.69, 9.17) is 6.42 Å². The Morgan fingerprint density at radius 1 is 1.25 bits per heavy atom.